The van der Waals surface area contributed by atoms with Crippen LogP contribution in [0.1, 0.15) is 28.4 Å². The third-order valence-electron chi connectivity index (χ3n) is 5.60. The topological polar surface area (TPSA) is 109 Å². The summed E-state index contributed by atoms with van der Waals surface area (Å²) in [6.07, 6.45) is 1.46. The van der Waals surface area contributed by atoms with Crippen molar-refractivity contribution in [1.82, 2.24) is 0 Å². The molecule has 0 saturated carbocycles. The van der Waals surface area contributed by atoms with Gasteiger partial charge in [-0.25, -0.2) is 4.79 Å². The van der Waals surface area contributed by atoms with Crippen LogP contribution in [0, 0.1) is 11.3 Å². The average Bonchev–Trinajstić information content (AvgIpc) is 2.91. The quantitative estimate of drug-likeness (QED) is 0.217. The maximum Gasteiger partial charge on any atom is 0.335 e. The molecule has 184 valence electrons. The SMILES string of the molecule is CCOc1cc(/C=C(\C#N)C(=O)Nc2ccc(C(=O)O)cc2)ccc1OCc1cccc2ccccc12. The van der Waals surface area contributed by atoms with Crippen LogP contribution in [-0.2, 0) is 11.4 Å². The number of nitrogens with one attached hydrogen (secondary N) is 1. The highest BCUT2D eigenvalue weighted by atomic mass is 16.5. The molecule has 0 unspecified atom stereocenters. The predicted molar refractivity (Wildman–Crippen MR) is 142 cm³/mol. The fourth-order valence-electron chi connectivity index (χ4n) is 3.79. The number of carbonyl (C=O) groups excluding carboxylic acids is 1. The summed E-state index contributed by atoms with van der Waals surface area (Å²) in [6, 6.07) is 27.0. The summed E-state index contributed by atoms with van der Waals surface area (Å²) < 4.78 is 11.9. The molecule has 37 heavy (non-hydrogen) atoms. The number of carboxylic acids is 1. The Bertz CT molecular complexity index is 1510. The van der Waals surface area contributed by atoms with E-state index in [0.717, 1.165) is 16.3 Å². The van der Waals surface area contributed by atoms with E-state index in [1.165, 1.54) is 30.3 Å². The van der Waals surface area contributed by atoms with Crippen molar-refractivity contribution in [2.24, 2.45) is 0 Å². The number of nitrogens with zero attached hydrogens (tertiary/aromatic N) is 1. The van der Waals surface area contributed by atoms with Crippen LogP contribution in [0.3, 0.4) is 0 Å². The normalized spacial score (nSPS) is 11.0. The number of aromatic carboxylic acids is 1. The molecule has 2 N–H and O–H groups in total. The number of ether oxygens (including phenoxy) is 2. The maximum atomic E-state index is 12.6. The number of fused-ring (bicyclic) bond motifs is 1. The van der Waals surface area contributed by atoms with Gasteiger partial charge in [-0.05, 0) is 71.3 Å². The van der Waals surface area contributed by atoms with Crippen molar-refractivity contribution in [3.8, 4) is 17.6 Å². The van der Waals surface area contributed by atoms with E-state index < -0.39 is 11.9 Å². The lowest BCUT2D eigenvalue weighted by molar-refractivity contribution is -0.112. The van der Waals surface area contributed by atoms with Crippen molar-refractivity contribution in [1.29, 1.82) is 5.26 Å². The molecule has 7 nitrogen and oxygen atoms in total. The molecule has 0 aliphatic rings. The van der Waals surface area contributed by atoms with Gasteiger partial charge < -0.3 is 19.9 Å². The summed E-state index contributed by atoms with van der Waals surface area (Å²) >= 11 is 0. The molecule has 4 rings (SSSR count). The number of carboxylic acid groups (broad SMARTS) is 1. The lowest BCUT2D eigenvalue weighted by Gasteiger charge is -2.14. The van der Waals surface area contributed by atoms with Gasteiger partial charge in [0.25, 0.3) is 5.91 Å². The second kappa shape index (κ2) is 11.6. The number of benzene rings is 4. The number of anilines is 1. The summed E-state index contributed by atoms with van der Waals surface area (Å²) in [6.45, 7) is 2.62. The Morgan fingerprint density at radius 1 is 0.946 bits per heavy atom. The van der Waals surface area contributed by atoms with Crippen LogP contribution in [0.2, 0.25) is 0 Å². The smallest absolute Gasteiger partial charge is 0.335 e. The van der Waals surface area contributed by atoms with Crippen LogP contribution in [0.25, 0.3) is 16.8 Å². The Morgan fingerprint density at radius 3 is 2.43 bits per heavy atom. The van der Waals surface area contributed by atoms with E-state index >= 15 is 0 Å². The molecule has 0 fully saturated rings. The first-order valence-electron chi connectivity index (χ1n) is 11.6. The summed E-state index contributed by atoms with van der Waals surface area (Å²) in [5, 5.41) is 23.4. The molecule has 0 spiro atoms. The molecule has 0 aliphatic carbocycles. The van der Waals surface area contributed by atoms with Crippen molar-refractivity contribution in [2.75, 3.05) is 11.9 Å². The lowest BCUT2D eigenvalue weighted by Crippen LogP contribution is -2.13. The van der Waals surface area contributed by atoms with Gasteiger partial charge in [-0.3, -0.25) is 4.79 Å². The highest BCUT2D eigenvalue weighted by Gasteiger charge is 2.13. The molecular weight excluding hydrogens is 468 g/mol. The first-order valence-corrected chi connectivity index (χ1v) is 11.6. The van der Waals surface area contributed by atoms with E-state index in [1.807, 2.05) is 37.3 Å². The number of amides is 1. The van der Waals surface area contributed by atoms with E-state index in [9.17, 15) is 14.9 Å². The van der Waals surface area contributed by atoms with Gasteiger partial charge in [0.05, 0.1) is 12.2 Å². The Kier molecular flexibility index (Phi) is 7.82. The number of rotatable bonds is 9. The fraction of sp³-hybridized carbons (Fsp3) is 0.100. The highest BCUT2D eigenvalue weighted by molar-refractivity contribution is 6.09. The van der Waals surface area contributed by atoms with Crippen LogP contribution in [-0.4, -0.2) is 23.6 Å². The van der Waals surface area contributed by atoms with Gasteiger partial charge in [0.15, 0.2) is 11.5 Å². The lowest BCUT2D eigenvalue weighted by atomic mass is 10.1. The molecule has 1 amide bonds. The predicted octanol–water partition coefficient (Wildman–Crippen LogP) is 6.06. The third kappa shape index (κ3) is 6.13. The molecule has 0 radical (unpaired) electrons. The number of nitriles is 1. The van der Waals surface area contributed by atoms with Crippen LogP contribution in [0.5, 0.6) is 11.5 Å². The van der Waals surface area contributed by atoms with Gasteiger partial charge in [0, 0.05) is 5.69 Å². The van der Waals surface area contributed by atoms with E-state index in [2.05, 4.69) is 23.5 Å². The minimum Gasteiger partial charge on any atom is -0.490 e. The minimum atomic E-state index is -1.06. The van der Waals surface area contributed by atoms with Crippen LogP contribution >= 0.6 is 0 Å². The summed E-state index contributed by atoms with van der Waals surface area (Å²) in [4.78, 5) is 23.6. The molecule has 4 aromatic carbocycles. The second-order valence-corrected chi connectivity index (χ2v) is 8.07. The van der Waals surface area contributed by atoms with Crippen LogP contribution in [0.4, 0.5) is 5.69 Å². The molecular formula is C30H24N2O5. The minimum absolute atomic E-state index is 0.0975. The Morgan fingerprint density at radius 2 is 1.70 bits per heavy atom. The fourth-order valence-corrected chi connectivity index (χ4v) is 3.79. The number of carbonyl (C=O) groups is 2. The molecule has 0 aromatic heterocycles. The largest absolute Gasteiger partial charge is 0.490 e. The standard InChI is InChI=1S/C30H24N2O5/c1-2-36-28-17-20(16-24(18-31)29(33)32-25-13-11-22(12-14-25)30(34)35)10-15-27(28)37-19-23-8-5-7-21-6-3-4-9-26(21)23/h3-17H,2,19H2,1H3,(H,32,33)(H,34,35)/b24-16+. The Labute approximate surface area is 214 Å². The maximum absolute atomic E-state index is 12.6. The van der Waals surface area contributed by atoms with Gasteiger partial charge >= 0.3 is 5.97 Å². The van der Waals surface area contributed by atoms with Gasteiger partial charge in [-0.1, -0.05) is 48.5 Å². The van der Waals surface area contributed by atoms with Gasteiger partial charge in [-0.15, -0.1) is 0 Å². The zero-order valence-corrected chi connectivity index (χ0v) is 20.1. The van der Waals surface area contributed by atoms with Crippen LogP contribution in [0.15, 0.2) is 90.5 Å². The monoisotopic (exact) mass is 492 g/mol. The summed E-state index contributed by atoms with van der Waals surface area (Å²) in [7, 11) is 0. The second-order valence-electron chi connectivity index (χ2n) is 8.07. The Hall–Kier alpha value is -5.09. The Balaban J connectivity index is 1.52. The van der Waals surface area contributed by atoms with Crippen molar-refractivity contribution in [2.45, 2.75) is 13.5 Å². The molecule has 7 heteroatoms. The van der Waals surface area contributed by atoms with Gasteiger partial charge in [0.1, 0.15) is 18.2 Å². The molecule has 0 bridgehead atoms. The zero-order chi connectivity index (χ0) is 26.2. The highest BCUT2D eigenvalue weighted by Crippen LogP contribution is 2.31. The van der Waals surface area contributed by atoms with E-state index in [4.69, 9.17) is 14.6 Å². The zero-order valence-electron chi connectivity index (χ0n) is 20.1. The first kappa shape index (κ1) is 25.0. The molecule has 0 saturated heterocycles. The van der Waals surface area contributed by atoms with Gasteiger partial charge in [0.2, 0.25) is 0 Å². The number of hydrogen-bond acceptors (Lipinski definition) is 5. The molecule has 0 heterocycles. The van der Waals surface area contributed by atoms with Crippen molar-refractivity contribution in [3.63, 3.8) is 0 Å². The van der Waals surface area contributed by atoms with Crippen molar-refractivity contribution < 1.29 is 24.2 Å². The van der Waals surface area contributed by atoms with Crippen molar-refractivity contribution in [3.05, 3.63) is 107 Å². The van der Waals surface area contributed by atoms with E-state index in [-0.39, 0.29) is 11.1 Å². The molecule has 0 atom stereocenters. The van der Waals surface area contributed by atoms with E-state index in [1.54, 1.807) is 18.2 Å². The summed E-state index contributed by atoms with van der Waals surface area (Å²) in [5.74, 6) is -0.628. The molecule has 4 aromatic rings. The first-order chi connectivity index (χ1) is 18.0. The van der Waals surface area contributed by atoms with Crippen molar-refractivity contribution >= 4 is 34.4 Å². The molecule has 0 aliphatic heterocycles. The van der Waals surface area contributed by atoms with E-state index in [0.29, 0.717) is 36.0 Å². The third-order valence-corrected chi connectivity index (χ3v) is 5.60. The van der Waals surface area contributed by atoms with Gasteiger partial charge in [-0.2, -0.15) is 5.26 Å². The summed E-state index contributed by atoms with van der Waals surface area (Å²) in [5.41, 5.74) is 2.00. The van der Waals surface area contributed by atoms with Crippen LogP contribution < -0.4 is 14.8 Å². The number of hydrogen-bond donors (Lipinski definition) is 2. The average molecular weight is 493 g/mol.